The highest BCUT2D eigenvalue weighted by Gasteiger charge is 2.23. The number of pyridine rings is 1. The molecule has 90 valence electrons. The van der Waals surface area contributed by atoms with E-state index in [1.807, 2.05) is 0 Å². The highest BCUT2D eigenvalue weighted by molar-refractivity contribution is 9.08. The fourth-order valence-electron chi connectivity index (χ4n) is 1.41. The average molecular weight is 305 g/mol. The Labute approximate surface area is 104 Å². The molecule has 0 amide bonds. The van der Waals surface area contributed by atoms with Crippen LogP contribution in [0, 0.1) is 11.3 Å². The molecule has 7 heteroatoms. The van der Waals surface area contributed by atoms with Gasteiger partial charge >= 0.3 is 5.97 Å². The molecule has 0 radical (unpaired) electrons. The molecule has 17 heavy (non-hydrogen) atoms. The van der Waals surface area contributed by atoms with Crippen molar-refractivity contribution in [2.24, 2.45) is 0 Å². The van der Waals surface area contributed by atoms with E-state index in [0.717, 1.165) is 0 Å². The molecule has 0 spiro atoms. The average Bonchev–Trinajstić information content (AvgIpc) is 2.27. The summed E-state index contributed by atoms with van der Waals surface area (Å²) in [5.41, 5.74) is -0.717. The monoisotopic (exact) mass is 304 g/mol. The zero-order valence-electron chi connectivity index (χ0n) is 8.45. The largest absolute Gasteiger partial charge is 0.481 e. The Kier molecular flexibility index (Phi) is 4.52. The van der Waals surface area contributed by atoms with Crippen molar-refractivity contribution in [1.29, 1.82) is 5.26 Å². The third-order valence-electron chi connectivity index (χ3n) is 2.11. The van der Waals surface area contributed by atoms with Gasteiger partial charge in [0.2, 0.25) is 0 Å². The molecule has 0 saturated heterocycles. The fraction of sp³-hybridized carbons (Fsp3) is 0.300. The smallest absolute Gasteiger partial charge is 0.307 e. The summed E-state index contributed by atoms with van der Waals surface area (Å²) in [6.07, 6.45) is -2.25. The third kappa shape index (κ3) is 2.97. The number of carboxylic acid groups (broad SMARTS) is 1. The van der Waals surface area contributed by atoms with Crippen molar-refractivity contribution in [2.75, 3.05) is 0 Å². The summed E-state index contributed by atoms with van der Waals surface area (Å²) >= 11 is 3.07. The first kappa shape index (κ1) is 13.5. The highest BCUT2D eigenvalue weighted by Crippen LogP contribution is 2.29. The number of carboxylic acids is 1. The Bertz CT molecular complexity index is 486. The predicted octanol–water partition coefficient (Wildman–Crippen LogP) is 2.41. The summed E-state index contributed by atoms with van der Waals surface area (Å²) < 4.78 is 25.7. The second-order valence-corrected chi connectivity index (χ2v) is 3.70. The standard InChI is InChI=1S/C10H7BrF2N2O2/c11-2-5-4-15-7(3-14)9(10(12)13)6(5)1-8(16)17/h4,10H,1-2H2,(H,16,17). The second-order valence-electron chi connectivity index (χ2n) is 3.14. The molecule has 1 N–H and O–H groups in total. The van der Waals surface area contributed by atoms with Gasteiger partial charge in [0.05, 0.1) is 12.0 Å². The minimum absolute atomic E-state index is 0.0454. The zero-order valence-corrected chi connectivity index (χ0v) is 10.0. The first-order valence-electron chi connectivity index (χ1n) is 4.47. The number of hydrogen-bond acceptors (Lipinski definition) is 3. The SMILES string of the molecule is N#Cc1ncc(CBr)c(CC(=O)O)c1C(F)F. The van der Waals surface area contributed by atoms with Gasteiger partial charge in [-0.05, 0) is 11.1 Å². The zero-order chi connectivity index (χ0) is 13.0. The van der Waals surface area contributed by atoms with E-state index in [9.17, 15) is 13.6 Å². The Morgan fingerprint density at radius 2 is 2.29 bits per heavy atom. The van der Waals surface area contributed by atoms with Crippen LogP contribution in [0.1, 0.15) is 28.8 Å². The van der Waals surface area contributed by atoms with Gasteiger partial charge in [0.25, 0.3) is 6.43 Å². The number of hydrogen-bond donors (Lipinski definition) is 1. The molecule has 0 unspecified atom stereocenters. The molecule has 0 aliphatic rings. The van der Waals surface area contributed by atoms with Crippen LogP contribution < -0.4 is 0 Å². The molecule has 0 aliphatic carbocycles. The summed E-state index contributed by atoms with van der Waals surface area (Å²) in [4.78, 5) is 14.2. The van der Waals surface area contributed by atoms with E-state index >= 15 is 0 Å². The maximum atomic E-state index is 12.8. The summed E-state index contributed by atoms with van der Waals surface area (Å²) in [6.45, 7) is 0. The van der Waals surface area contributed by atoms with Crippen molar-refractivity contribution in [3.05, 3.63) is 28.6 Å². The number of aromatic nitrogens is 1. The lowest BCUT2D eigenvalue weighted by Gasteiger charge is -2.12. The van der Waals surface area contributed by atoms with Crippen molar-refractivity contribution < 1.29 is 18.7 Å². The minimum Gasteiger partial charge on any atom is -0.481 e. The number of nitrogens with zero attached hydrogens (tertiary/aromatic N) is 2. The van der Waals surface area contributed by atoms with Crippen LogP contribution in [0.15, 0.2) is 6.20 Å². The minimum atomic E-state index is -2.93. The van der Waals surface area contributed by atoms with Gasteiger partial charge in [-0.15, -0.1) is 0 Å². The molecule has 0 atom stereocenters. The van der Waals surface area contributed by atoms with Gasteiger partial charge in [0.1, 0.15) is 11.8 Å². The molecule has 0 aromatic carbocycles. The van der Waals surface area contributed by atoms with Crippen LogP contribution >= 0.6 is 15.9 Å². The van der Waals surface area contributed by atoms with Crippen LogP contribution in [-0.2, 0) is 16.5 Å². The van der Waals surface area contributed by atoms with E-state index < -0.39 is 30.1 Å². The van der Waals surface area contributed by atoms with E-state index in [0.29, 0.717) is 5.56 Å². The maximum Gasteiger partial charge on any atom is 0.307 e. The maximum absolute atomic E-state index is 12.8. The van der Waals surface area contributed by atoms with E-state index in [1.165, 1.54) is 6.20 Å². The van der Waals surface area contributed by atoms with Crippen LogP contribution in [0.2, 0.25) is 0 Å². The molecule has 4 nitrogen and oxygen atoms in total. The quantitative estimate of drug-likeness (QED) is 0.867. The van der Waals surface area contributed by atoms with Gasteiger partial charge in [-0.1, -0.05) is 15.9 Å². The van der Waals surface area contributed by atoms with Crippen LogP contribution in [-0.4, -0.2) is 16.1 Å². The Morgan fingerprint density at radius 1 is 1.65 bits per heavy atom. The van der Waals surface area contributed by atoms with Crippen molar-refractivity contribution in [3.63, 3.8) is 0 Å². The third-order valence-corrected chi connectivity index (χ3v) is 2.72. The Hall–Kier alpha value is -1.55. The molecule has 1 heterocycles. The van der Waals surface area contributed by atoms with Crippen molar-refractivity contribution in [2.45, 2.75) is 18.2 Å². The number of rotatable bonds is 4. The summed E-state index contributed by atoms with van der Waals surface area (Å²) in [6, 6.07) is 1.54. The first-order chi connectivity index (χ1) is 8.01. The lowest BCUT2D eigenvalue weighted by Crippen LogP contribution is -2.10. The first-order valence-corrected chi connectivity index (χ1v) is 5.60. The van der Waals surface area contributed by atoms with Crippen molar-refractivity contribution >= 4 is 21.9 Å². The van der Waals surface area contributed by atoms with Crippen molar-refractivity contribution in [1.82, 2.24) is 4.98 Å². The normalized spacial score (nSPS) is 10.3. The molecule has 1 rings (SSSR count). The molecule has 0 bridgehead atoms. The van der Waals surface area contributed by atoms with E-state index in [4.69, 9.17) is 10.4 Å². The summed E-state index contributed by atoms with van der Waals surface area (Å²) in [7, 11) is 0. The number of alkyl halides is 3. The molecule has 1 aromatic rings. The summed E-state index contributed by atoms with van der Waals surface area (Å²) in [5, 5.41) is 17.6. The molecule has 0 saturated carbocycles. The molecule has 0 fully saturated rings. The van der Waals surface area contributed by atoms with E-state index in [2.05, 4.69) is 20.9 Å². The van der Waals surface area contributed by atoms with Crippen molar-refractivity contribution in [3.8, 4) is 6.07 Å². The van der Waals surface area contributed by atoms with Gasteiger partial charge in [-0.2, -0.15) is 5.26 Å². The van der Waals surface area contributed by atoms with Gasteiger partial charge in [-0.25, -0.2) is 13.8 Å². The van der Waals surface area contributed by atoms with Gasteiger partial charge in [-0.3, -0.25) is 4.79 Å². The Balaban J connectivity index is 3.47. The van der Waals surface area contributed by atoms with E-state index in [1.54, 1.807) is 6.07 Å². The molecular formula is C10H7BrF2N2O2. The highest BCUT2D eigenvalue weighted by atomic mass is 79.9. The van der Waals surface area contributed by atoms with Crippen LogP contribution in [0.3, 0.4) is 0 Å². The number of aliphatic carboxylic acids is 1. The number of halogens is 3. The number of carbonyl (C=O) groups is 1. The van der Waals surface area contributed by atoms with Crippen LogP contribution in [0.4, 0.5) is 8.78 Å². The van der Waals surface area contributed by atoms with Gasteiger partial charge in [0.15, 0.2) is 0 Å². The van der Waals surface area contributed by atoms with Crippen LogP contribution in [0.5, 0.6) is 0 Å². The lowest BCUT2D eigenvalue weighted by molar-refractivity contribution is -0.136. The van der Waals surface area contributed by atoms with E-state index in [-0.39, 0.29) is 10.9 Å². The summed E-state index contributed by atoms with van der Waals surface area (Å²) in [5.74, 6) is -1.23. The fourth-order valence-corrected chi connectivity index (χ4v) is 1.89. The topological polar surface area (TPSA) is 74.0 Å². The second kappa shape index (κ2) is 5.68. The van der Waals surface area contributed by atoms with Gasteiger partial charge in [0, 0.05) is 11.5 Å². The van der Waals surface area contributed by atoms with Crippen LogP contribution in [0.25, 0.3) is 0 Å². The number of nitriles is 1. The molecule has 1 aromatic heterocycles. The Morgan fingerprint density at radius 3 is 2.71 bits per heavy atom. The molecule has 0 aliphatic heterocycles. The predicted molar refractivity (Wildman–Crippen MR) is 57.9 cm³/mol. The molecular weight excluding hydrogens is 298 g/mol. The van der Waals surface area contributed by atoms with Gasteiger partial charge < -0.3 is 5.11 Å². The lowest BCUT2D eigenvalue weighted by atomic mass is 9.99.